The first-order valence-corrected chi connectivity index (χ1v) is 20.0. The van der Waals surface area contributed by atoms with Crippen molar-refractivity contribution in [3.8, 4) is 11.5 Å². The zero-order valence-electron chi connectivity index (χ0n) is 34.2. The number of likely N-dealkylation sites (N-methyl/N-ethyl adjacent to an activating group) is 2. The van der Waals surface area contributed by atoms with Gasteiger partial charge in [-0.25, -0.2) is 19.9 Å². The lowest BCUT2D eigenvalue weighted by Gasteiger charge is -2.32. The molecule has 0 bridgehead atoms. The molecule has 0 atom stereocenters. The Hall–Kier alpha value is -6.38. The molecule has 2 aliphatic heterocycles. The fourth-order valence-electron chi connectivity index (χ4n) is 6.72. The topological polar surface area (TPSA) is 141 Å². The van der Waals surface area contributed by atoms with Crippen molar-refractivity contribution in [2.45, 2.75) is 20.3 Å². The highest BCUT2D eigenvalue weighted by Gasteiger charge is 2.18. The molecule has 306 valence electrons. The van der Waals surface area contributed by atoms with E-state index in [2.05, 4.69) is 59.3 Å². The lowest BCUT2D eigenvalue weighted by atomic mass is 10.2. The third-order valence-electron chi connectivity index (χ3n) is 10.3. The van der Waals surface area contributed by atoms with Gasteiger partial charge in [-0.15, -0.1) is 0 Å². The molecule has 8 rings (SSSR count). The Kier molecular flexibility index (Phi) is 13.4. The van der Waals surface area contributed by atoms with Crippen LogP contribution in [0.5, 0.6) is 11.5 Å². The number of piperazine rings is 1. The molecule has 14 nitrogen and oxygen atoms in total. The Bertz CT molecular complexity index is 2350. The van der Waals surface area contributed by atoms with Gasteiger partial charge in [-0.1, -0.05) is 35.4 Å². The molecule has 4 aromatic carbocycles. The number of fused-ring (bicyclic) bond motifs is 2. The van der Waals surface area contributed by atoms with Crippen LogP contribution in [0.3, 0.4) is 0 Å². The van der Waals surface area contributed by atoms with Gasteiger partial charge in [0.05, 0.1) is 11.0 Å². The van der Waals surface area contributed by atoms with Crippen molar-refractivity contribution in [1.29, 1.82) is 0 Å². The van der Waals surface area contributed by atoms with E-state index in [1.807, 2.05) is 111 Å². The van der Waals surface area contributed by atoms with E-state index in [0.29, 0.717) is 22.9 Å². The van der Waals surface area contributed by atoms with E-state index >= 15 is 0 Å². The molecule has 2 N–H and O–H groups in total. The fraction of sp³-hybridized carbons (Fsp3) is 0.333. The SMILES string of the molecule is Cc1ccc(OCC(=O)Nc2ccc3nc(N4CCCN(C)CC4)ncc3c2)cc1.Cc1ccc(OCC(=O)Nc2ccc3nc(N4CCN(C)CC4)ncc3c2)cc1. The first kappa shape index (κ1) is 40.8. The van der Waals surface area contributed by atoms with Gasteiger partial charge in [0.15, 0.2) is 13.2 Å². The van der Waals surface area contributed by atoms with Crippen LogP contribution in [0.15, 0.2) is 97.3 Å². The van der Waals surface area contributed by atoms with Crippen molar-refractivity contribution in [1.82, 2.24) is 29.7 Å². The van der Waals surface area contributed by atoms with Crippen molar-refractivity contribution >= 4 is 56.9 Å². The number of anilines is 4. The van der Waals surface area contributed by atoms with E-state index < -0.39 is 0 Å². The molecule has 59 heavy (non-hydrogen) atoms. The molecular formula is C45H52N10O4. The van der Waals surface area contributed by atoms with Crippen LogP contribution in [0.4, 0.5) is 23.3 Å². The summed E-state index contributed by atoms with van der Waals surface area (Å²) in [6.45, 7) is 11.8. The highest BCUT2D eigenvalue weighted by Crippen LogP contribution is 2.22. The average molecular weight is 797 g/mol. The summed E-state index contributed by atoms with van der Waals surface area (Å²) in [5.74, 6) is 2.46. The molecule has 2 fully saturated rings. The van der Waals surface area contributed by atoms with Crippen LogP contribution in [-0.2, 0) is 9.59 Å². The zero-order chi connectivity index (χ0) is 41.1. The maximum atomic E-state index is 12.2. The van der Waals surface area contributed by atoms with Crippen molar-refractivity contribution in [3.63, 3.8) is 0 Å². The van der Waals surface area contributed by atoms with Crippen molar-refractivity contribution < 1.29 is 19.1 Å². The smallest absolute Gasteiger partial charge is 0.262 e. The van der Waals surface area contributed by atoms with Crippen molar-refractivity contribution in [2.24, 2.45) is 0 Å². The minimum atomic E-state index is -0.208. The van der Waals surface area contributed by atoms with Crippen molar-refractivity contribution in [3.05, 3.63) is 108 Å². The second-order valence-corrected chi connectivity index (χ2v) is 15.1. The number of hydrogen-bond acceptors (Lipinski definition) is 12. The summed E-state index contributed by atoms with van der Waals surface area (Å²) < 4.78 is 11.1. The van der Waals surface area contributed by atoms with Gasteiger partial charge in [-0.3, -0.25) is 9.59 Å². The summed E-state index contributed by atoms with van der Waals surface area (Å²) in [5.41, 5.74) is 5.43. The van der Waals surface area contributed by atoms with E-state index in [-0.39, 0.29) is 25.0 Å². The summed E-state index contributed by atoms with van der Waals surface area (Å²) in [4.78, 5) is 52.0. The Morgan fingerprint density at radius 2 is 0.983 bits per heavy atom. The predicted molar refractivity (Wildman–Crippen MR) is 234 cm³/mol. The summed E-state index contributed by atoms with van der Waals surface area (Å²) >= 11 is 0. The zero-order valence-corrected chi connectivity index (χ0v) is 34.2. The minimum absolute atomic E-state index is 0.0417. The van der Waals surface area contributed by atoms with E-state index in [4.69, 9.17) is 14.5 Å². The van der Waals surface area contributed by atoms with Crippen LogP contribution in [0, 0.1) is 13.8 Å². The molecule has 0 radical (unpaired) electrons. The number of hydrogen-bond donors (Lipinski definition) is 2. The molecule has 2 aliphatic rings. The highest BCUT2D eigenvalue weighted by atomic mass is 16.5. The van der Waals surface area contributed by atoms with Crippen LogP contribution >= 0.6 is 0 Å². The molecule has 0 unspecified atom stereocenters. The normalized spacial score (nSPS) is 14.9. The van der Waals surface area contributed by atoms with E-state index in [9.17, 15) is 9.59 Å². The second kappa shape index (κ2) is 19.4. The van der Waals surface area contributed by atoms with E-state index in [0.717, 1.165) is 104 Å². The van der Waals surface area contributed by atoms with E-state index in [1.54, 1.807) is 0 Å². The first-order valence-electron chi connectivity index (χ1n) is 20.0. The second-order valence-electron chi connectivity index (χ2n) is 15.1. The molecule has 2 amide bonds. The number of nitrogens with zero attached hydrogens (tertiary/aromatic N) is 8. The Morgan fingerprint density at radius 1 is 0.559 bits per heavy atom. The van der Waals surface area contributed by atoms with Gasteiger partial charge in [-0.2, -0.15) is 0 Å². The molecule has 4 heterocycles. The number of rotatable bonds is 10. The average Bonchev–Trinajstić information content (AvgIpc) is 3.47. The largest absolute Gasteiger partial charge is 0.484 e. The number of carbonyl (C=O) groups excluding carboxylic acids is 2. The minimum Gasteiger partial charge on any atom is -0.484 e. The molecule has 0 aliphatic carbocycles. The predicted octanol–water partition coefficient (Wildman–Crippen LogP) is 5.81. The molecule has 2 saturated heterocycles. The Morgan fingerprint density at radius 3 is 1.44 bits per heavy atom. The summed E-state index contributed by atoms with van der Waals surface area (Å²) in [7, 11) is 4.27. The fourth-order valence-corrected chi connectivity index (χ4v) is 6.72. The standard InChI is InChI=1S/C23H27N5O2.C22H25N5O2/c1-17-4-7-20(8-5-17)30-16-22(29)25-19-6-9-21-18(14-19)15-24-23(26-21)28-11-3-10-27(2)12-13-28;1-16-3-6-19(7-4-16)29-15-21(28)24-18-5-8-20-17(13-18)14-23-22(25-20)27-11-9-26(2)10-12-27/h4-9,14-15H,3,10-13,16H2,1-2H3,(H,25,29);3-8,13-14H,9-12,15H2,1-2H3,(H,24,28). The number of aryl methyl sites for hydroxylation is 2. The van der Waals surface area contributed by atoms with Gasteiger partial charge < -0.3 is 39.7 Å². The molecule has 0 saturated carbocycles. The Labute approximate surface area is 345 Å². The summed E-state index contributed by atoms with van der Waals surface area (Å²) in [5, 5.41) is 7.52. The first-order chi connectivity index (χ1) is 28.6. The molecule has 2 aromatic heterocycles. The molecular weight excluding hydrogens is 745 g/mol. The lowest BCUT2D eigenvalue weighted by molar-refractivity contribution is -0.118. The lowest BCUT2D eigenvalue weighted by Crippen LogP contribution is -2.45. The monoisotopic (exact) mass is 796 g/mol. The van der Waals surface area contributed by atoms with Gasteiger partial charge in [0, 0.05) is 80.4 Å². The number of nitrogens with one attached hydrogen (secondary N) is 2. The van der Waals surface area contributed by atoms with Crippen LogP contribution in [0.2, 0.25) is 0 Å². The van der Waals surface area contributed by atoms with Gasteiger partial charge in [-0.05, 0) is 102 Å². The van der Waals surface area contributed by atoms with Gasteiger partial charge in [0.25, 0.3) is 11.8 Å². The van der Waals surface area contributed by atoms with Gasteiger partial charge in [0.2, 0.25) is 11.9 Å². The molecule has 0 spiro atoms. The third-order valence-corrected chi connectivity index (χ3v) is 10.3. The van der Waals surface area contributed by atoms with Crippen LogP contribution in [-0.4, -0.2) is 121 Å². The third kappa shape index (κ3) is 11.6. The van der Waals surface area contributed by atoms with Crippen LogP contribution in [0.1, 0.15) is 17.5 Å². The van der Waals surface area contributed by atoms with Gasteiger partial charge >= 0.3 is 0 Å². The number of ether oxygens (including phenoxy) is 2. The quantitative estimate of drug-likeness (QED) is 0.173. The summed E-state index contributed by atoms with van der Waals surface area (Å²) in [6.07, 6.45) is 4.74. The van der Waals surface area contributed by atoms with Crippen molar-refractivity contribution in [2.75, 3.05) is 100 Å². The number of amides is 2. The maximum Gasteiger partial charge on any atom is 0.262 e. The number of aromatic nitrogens is 4. The molecule has 14 heteroatoms. The highest BCUT2D eigenvalue weighted by molar-refractivity contribution is 5.95. The number of benzene rings is 4. The molecule has 6 aromatic rings. The maximum absolute atomic E-state index is 12.2. The Balaban J connectivity index is 0.000000179. The van der Waals surface area contributed by atoms with E-state index in [1.165, 1.54) is 0 Å². The number of carbonyl (C=O) groups is 2. The van der Waals surface area contributed by atoms with Crippen LogP contribution in [0.25, 0.3) is 21.8 Å². The van der Waals surface area contributed by atoms with Gasteiger partial charge in [0.1, 0.15) is 11.5 Å². The van der Waals surface area contributed by atoms with Crippen LogP contribution < -0.4 is 29.9 Å². The summed E-state index contributed by atoms with van der Waals surface area (Å²) in [6, 6.07) is 26.5.